The number of benzene rings is 3. The summed E-state index contributed by atoms with van der Waals surface area (Å²) in [5.41, 5.74) is 10.5. The van der Waals surface area contributed by atoms with Crippen molar-refractivity contribution in [3.05, 3.63) is 112 Å². The maximum absolute atomic E-state index is 13.9. The number of aromatic nitrogens is 1. The van der Waals surface area contributed by atoms with Gasteiger partial charge in [-0.05, 0) is 70.6 Å². The van der Waals surface area contributed by atoms with Crippen molar-refractivity contribution in [2.45, 2.75) is 43.8 Å². The van der Waals surface area contributed by atoms with Gasteiger partial charge in [-0.1, -0.05) is 42.5 Å². The average molecular weight is 625 g/mol. The Balaban J connectivity index is 1.44. The van der Waals surface area contributed by atoms with Gasteiger partial charge in [0.15, 0.2) is 0 Å². The second-order valence-electron chi connectivity index (χ2n) is 10.2. The summed E-state index contributed by atoms with van der Waals surface area (Å²) in [6.45, 7) is 0. The van der Waals surface area contributed by atoms with E-state index < -0.39 is 6.02 Å². The van der Waals surface area contributed by atoms with Gasteiger partial charge in [0, 0.05) is 40.4 Å². The number of nitrogens with one attached hydrogen (secondary N) is 4. The van der Waals surface area contributed by atoms with Crippen molar-refractivity contribution in [2.75, 3.05) is 10.6 Å². The maximum atomic E-state index is 13.9. The molecule has 210 valence electrons. The minimum Gasteiger partial charge on any atom is -0.377 e. The Morgan fingerprint density at radius 3 is 2.60 bits per heavy atom. The maximum Gasteiger partial charge on any atom is 0.123 e. The van der Waals surface area contributed by atoms with Gasteiger partial charge in [0.1, 0.15) is 11.9 Å². The molecule has 4 aromatic rings. The third kappa shape index (κ3) is 5.87. The molecule has 2 heterocycles. The molecule has 0 radical (unpaired) electrons. The lowest BCUT2D eigenvalue weighted by Crippen LogP contribution is -2.38. The first kappa shape index (κ1) is 26.3. The number of nitriles is 2. The third-order valence-corrected chi connectivity index (χ3v) is 7.91. The summed E-state index contributed by atoms with van der Waals surface area (Å²) in [4.78, 5) is 4.56. The minimum atomic E-state index is -1.52. The molecule has 1 aliphatic carbocycles. The molecule has 4 N–H and O–H groups in total. The molecule has 2 atom stereocenters. The Morgan fingerprint density at radius 1 is 1.10 bits per heavy atom. The number of hydrogen-bond acceptors (Lipinski definition) is 8. The molecule has 3 aromatic carbocycles. The van der Waals surface area contributed by atoms with Gasteiger partial charge in [-0.2, -0.15) is 10.5 Å². The van der Waals surface area contributed by atoms with E-state index in [9.17, 15) is 16.3 Å². The van der Waals surface area contributed by atoms with Crippen LogP contribution in [0.25, 0.3) is 10.9 Å². The van der Waals surface area contributed by atoms with Crippen molar-refractivity contribution in [3.63, 3.8) is 0 Å². The first-order chi connectivity index (χ1) is 20.9. The fourth-order valence-electron chi connectivity index (χ4n) is 5.02. The highest BCUT2D eigenvalue weighted by atomic mass is 79.9. The van der Waals surface area contributed by atoms with E-state index in [1.807, 2.05) is 53.7 Å². The summed E-state index contributed by atoms with van der Waals surface area (Å²) >= 11 is 3.66. The van der Waals surface area contributed by atoms with Gasteiger partial charge in [0.25, 0.3) is 0 Å². The smallest absolute Gasteiger partial charge is 0.123 e. The number of hydrogen-bond donors (Lipinski definition) is 4. The minimum absolute atomic E-state index is 0.226. The lowest BCUT2D eigenvalue weighted by Gasteiger charge is -2.24. The van der Waals surface area contributed by atoms with Crippen molar-refractivity contribution >= 4 is 38.2 Å². The molecule has 6 rings (SSSR count). The van der Waals surface area contributed by atoms with Crippen molar-refractivity contribution in [1.29, 1.82) is 10.5 Å². The van der Waals surface area contributed by atoms with Gasteiger partial charge in [-0.25, -0.2) is 4.39 Å². The van der Waals surface area contributed by atoms with E-state index in [-0.39, 0.29) is 11.9 Å². The quantitative estimate of drug-likeness (QED) is 0.150. The normalized spacial score (nSPS) is 16.8. The predicted octanol–water partition coefficient (Wildman–Crippen LogP) is 6.95. The van der Waals surface area contributed by atoms with E-state index in [2.05, 4.69) is 54.6 Å². The van der Waals surface area contributed by atoms with E-state index >= 15 is 0 Å². The van der Waals surface area contributed by atoms with E-state index in [0.717, 1.165) is 18.4 Å². The predicted molar refractivity (Wildman–Crippen MR) is 164 cm³/mol. The van der Waals surface area contributed by atoms with Crippen LogP contribution in [0.3, 0.4) is 0 Å². The van der Waals surface area contributed by atoms with Crippen LogP contribution >= 0.6 is 15.9 Å². The lowest BCUT2D eigenvalue weighted by molar-refractivity contribution is 0.260. The van der Waals surface area contributed by atoms with Crippen LogP contribution in [0, 0.1) is 28.5 Å². The van der Waals surface area contributed by atoms with E-state index in [1.165, 1.54) is 18.3 Å². The van der Waals surface area contributed by atoms with Crippen LogP contribution in [-0.2, 0) is 0 Å². The summed E-state index contributed by atoms with van der Waals surface area (Å²) in [6.07, 6.45) is 6.41. The van der Waals surface area contributed by atoms with Crippen LogP contribution in [-0.4, -0.2) is 16.0 Å². The summed E-state index contributed by atoms with van der Waals surface area (Å²) in [6, 6.07) is 22.5. The van der Waals surface area contributed by atoms with E-state index in [0.29, 0.717) is 62.5 Å². The first-order valence-electron chi connectivity index (χ1n) is 14.2. The highest BCUT2D eigenvalue weighted by Crippen LogP contribution is 2.38. The lowest BCUT2D eigenvalue weighted by atomic mass is 10.00. The van der Waals surface area contributed by atoms with Gasteiger partial charge >= 0.3 is 0 Å². The first-order valence-corrected chi connectivity index (χ1v) is 14.5. The Hall–Kier alpha value is -4.64. The molecule has 8 nitrogen and oxygen atoms in total. The van der Waals surface area contributed by atoms with Crippen molar-refractivity contribution < 1.29 is 5.76 Å². The molecule has 1 fully saturated rings. The number of fused-ring (bicyclic) bond motifs is 1. The molecule has 0 unspecified atom stereocenters. The molecule has 1 saturated carbocycles. The van der Waals surface area contributed by atoms with Crippen LogP contribution in [0.4, 0.5) is 15.8 Å². The molecule has 1 aliphatic heterocycles. The van der Waals surface area contributed by atoms with Crippen molar-refractivity contribution in [3.8, 4) is 12.1 Å². The zero-order valence-corrected chi connectivity index (χ0v) is 24.1. The zero-order valence-electron chi connectivity index (χ0n) is 23.5. The molecular weight excluding hydrogens is 595 g/mol. The SMILES string of the molecule is [2H][C@](Nc1cc(Br)c2ncc(C#N)c(N[C@H](CCC#N)c3ccccc3)c2c1)(C1=CN(C2CC2)NN1)c1ccc(F)cc1. The molecule has 0 bridgehead atoms. The fraction of sp³-hybridized carbons (Fsp3) is 0.219. The fourth-order valence-corrected chi connectivity index (χ4v) is 5.59. The number of halogens is 2. The summed E-state index contributed by atoms with van der Waals surface area (Å²) in [7, 11) is 0. The van der Waals surface area contributed by atoms with Crippen molar-refractivity contribution in [2.24, 2.45) is 0 Å². The van der Waals surface area contributed by atoms with Gasteiger partial charge in [0.05, 0.1) is 42.0 Å². The van der Waals surface area contributed by atoms with Crippen LogP contribution in [0.2, 0.25) is 0 Å². The number of hydrazine groups is 2. The summed E-state index contributed by atoms with van der Waals surface area (Å²) in [5, 5.41) is 28.9. The number of pyridine rings is 1. The van der Waals surface area contributed by atoms with Crippen molar-refractivity contribution in [1.82, 2.24) is 21.0 Å². The number of anilines is 2. The van der Waals surface area contributed by atoms with Crippen LogP contribution < -0.4 is 21.6 Å². The van der Waals surface area contributed by atoms with E-state index in [4.69, 9.17) is 0 Å². The van der Waals surface area contributed by atoms with Gasteiger partial charge < -0.3 is 16.1 Å². The van der Waals surface area contributed by atoms with Crippen LogP contribution in [0.15, 0.2) is 89.3 Å². The molecule has 0 amide bonds. The van der Waals surface area contributed by atoms with Gasteiger partial charge in [0.2, 0.25) is 0 Å². The van der Waals surface area contributed by atoms with Gasteiger partial charge in [-0.15, -0.1) is 5.53 Å². The monoisotopic (exact) mass is 623 g/mol. The molecule has 2 aliphatic rings. The summed E-state index contributed by atoms with van der Waals surface area (Å²) in [5.74, 6) is -0.388. The second-order valence-corrected chi connectivity index (χ2v) is 11.1. The number of nitrogens with zero attached hydrogens (tertiary/aromatic N) is 4. The highest BCUT2D eigenvalue weighted by molar-refractivity contribution is 9.10. The Morgan fingerprint density at radius 2 is 1.88 bits per heavy atom. The molecule has 42 heavy (non-hydrogen) atoms. The third-order valence-electron chi connectivity index (χ3n) is 7.31. The second kappa shape index (κ2) is 12.1. The van der Waals surface area contributed by atoms with E-state index in [1.54, 1.807) is 12.1 Å². The molecular formula is C32H28BrFN8. The molecule has 10 heteroatoms. The summed E-state index contributed by atoms with van der Waals surface area (Å²) < 4.78 is 24.2. The molecule has 0 saturated heterocycles. The standard InChI is InChI=1S/C32H28BrFN8/c33-27-16-24(38-31(21-8-10-23(34)11-9-21)29-19-42(41-40-29)25-12-13-25)15-26-30(22(17-36)18-37-32(26)27)39-28(7-4-14-35)20-5-2-1-3-6-20/h1-3,5-6,8-11,15-16,18-19,25,28,31,38,40-41H,4,7,12-13H2,(H,37,39)/t28-,31-/m1/s1/i31D. The largest absolute Gasteiger partial charge is 0.377 e. The van der Waals surface area contributed by atoms with Gasteiger partial charge in [-0.3, -0.25) is 9.99 Å². The number of rotatable bonds is 10. The highest BCUT2D eigenvalue weighted by Gasteiger charge is 2.32. The van der Waals surface area contributed by atoms with Crippen LogP contribution in [0.5, 0.6) is 0 Å². The Bertz CT molecular complexity index is 1770. The Labute approximate surface area is 253 Å². The molecule has 0 spiro atoms. The average Bonchev–Trinajstić information content (AvgIpc) is 3.75. The zero-order chi connectivity index (χ0) is 30.0. The van der Waals surface area contributed by atoms with Crippen LogP contribution in [0.1, 0.15) is 55.8 Å². The Kier molecular flexibility index (Phi) is 7.55. The topological polar surface area (TPSA) is 112 Å². The molecule has 1 aromatic heterocycles.